The zero-order valence-corrected chi connectivity index (χ0v) is 14.3. The molecular formula is C17H17N3O6. The summed E-state index contributed by atoms with van der Waals surface area (Å²) in [6.45, 7) is -0.460. The Kier molecular flexibility index (Phi) is 4.45. The number of esters is 1. The van der Waals surface area contributed by atoms with E-state index in [-0.39, 0.29) is 13.0 Å². The number of hydrogen-bond acceptors (Lipinski definition) is 6. The number of amides is 5. The number of hydrogen-bond donors (Lipinski definition) is 0. The SMILES string of the molecule is COC(=O)[C@H]1Cc2ccccc2CN1C(=O)CN1C(=O)C(=O)N(C)C1=O. The van der Waals surface area contributed by atoms with Crippen LogP contribution in [-0.4, -0.2) is 71.2 Å². The second-order valence-electron chi connectivity index (χ2n) is 6.07. The highest BCUT2D eigenvalue weighted by molar-refractivity contribution is 6.44. The molecule has 0 aliphatic carbocycles. The molecular weight excluding hydrogens is 342 g/mol. The van der Waals surface area contributed by atoms with Gasteiger partial charge in [-0.05, 0) is 11.1 Å². The van der Waals surface area contributed by atoms with Crippen molar-refractivity contribution < 1.29 is 28.7 Å². The maximum absolute atomic E-state index is 12.7. The molecule has 5 amide bonds. The zero-order chi connectivity index (χ0) is 19.0. The first-order valence-electron chi connectivity index (χ1n) is 7.92. The number of carbonyl (C=O) groups is 5. The second kappa shape index (κ2) is 6.58. The lowest BCUT2D eigenvalue weighted by molar-refractivity contribution is -0.154. The second-order valence-corrected chi connectivity index (χ2v) is 6.07. The van der Waals surface area contributed by atoms with Gasteiger partial charge < -0.3 is 9.64 Å². The van der Waals surface area contributed by atoms with Crippen molar-refractivity contribution in [1.82, 2.24) is 14.7 Å². The Balaban J connectivity index is 1.85. The van der Waals surface area contributed by atoms with E-state index in [1.807, 2.05) is 24.3 Å². The normalized spacial score (nSPS) is 19.7. The van der Waals surface area contributed by atoms with Crippen LogP contribution in [0.1, 0.15) is 11.1 Å². The van der Waals surface area contributed by atoms with E-state index >= 15 is 0 Å². The lowest BCUT2D eigenvalue weighted by atomic mass is 9.94. The van der Waals surface area contributed by atoms with Gasteiger partial charge in [0.2, 0.25) is 5.91 Å². The molecule has 2 aliphatic rings. The summed E-state index contributed by atoms with van der Waals surface area (Å²) in [4.78, 5) is 62.8. The third-order valence-corrected chi connectivity index (χ3v) is 4.59. The van der Waals surface area contributed by atoms with Crippen molar-refractivity contribution in [2.45, 2.75) is 19.0 Å². The minimum Gasteiger partial charge on any atom is -0.467 e. The van der Waals surface area contributed by atoms with Crippen molar-refractivity contribution in [3.63, 3.8) is 0 Å². The number of methoxy groups -OCH3 is 1. The van der Waals surface area contributed by atoms with Gasteiger partial charge in [0.25, 0.3) is 0 Å². The number of nitrogens with zero attached hydrogens (tertiary/aromatic N) is 3. The Morgan fingerprint density at radius 1 is 1.12 bits per heavy atom. The van der Waals surface area contributed by atoms with E-state index in [4.69, 9.17) is 4.74 Å². The molecule has 1 aromatic rings. The number of fused-ring (bicyclic) bond motifs is 1. The molecule has 2 heterocycles. The fourth-order valence-corrected chi connectivity index (χ4v) is 3.11. The summed E-state index contributed by atoms with van der Waals surface area (Å²) in [7, 11) is 2.40. The van der Waals surface area contributed by atoms with Gasteiger partial charge in [-0.25, -0.2) is 14.5 Å². The molecule has 3 rings (SSSR count). The van der Waals surface area contributed by atoms with Crippen molar-refractivity contribution in [3.05, 3.63) is 35.4 Å². The summed E-state index contributed by atoms with van der Waals surface area (Å²) in [6.07, 6.45) is 0.273. The first-order chi connectivity index (χ1) is 12.3. The molecule has 1 atom stereocenters. The average molecular weight is 359 g/mol. The highest BCUT2D eigenvalue weighted by Gasteiger charge is 2.45. The van der Waals surface area contributed by atoms with E-state index in [1.54, 1.807) is 0 Å². The van der Waals surface area contributed by atoms with Crippen LogP contribution in [0.4, 0.5) is 4.79 Å². The lowest BCUT2D eigenvalue weighted by Gasteiger charge is -2.35. The van der Waals surface area contributed by atoms with Gasteiger partial charge in [0.05, 0.1) is 7.11 Å². The fraction of sp³-hybridized carbons (Fsp3) is 0.353. The monoisotopic (exact) mass is 359 g/mol. The van der Waals surface area contributed by atoms with Crippen molar-refractivity contribution in [2.24, 2.45) is 0 Å². The van der Waals surface area contributed by atoms with Crippen LogP contribution < -0.4 is 0 Å². The number of likely N-dealkylation sites (N-methyl/N-ethyl adjacent to an activating group) is 1. The van der Waals surface area contributed by atoms with Crippen molar-refractivity contribution >= 4 is 29.7 Å². The third kappa shape index (κ3) is 2.81. The lowest BCUT2D eigenvalue weighted by Crippen LogP contribution is -2.52. The smallest absolute Gasteiger partial charge is 0.334 e. The van der Waals surface area contributed by atoms with E-state index in [0.29, 0.717) is 9.80 Å². The van der Waals surface area contributed by atoms with Crippen LogP contribution in [0.5, 0.6) is 0 Å². The van der Waals surface area contributed by atoms with E-state index in [9.17, 15) is 24.0 Å². The van der Waals surface area contributed by atoms with Gasteiger partial charge in [0.15, 0.2) is 0 Å². The Morgan fingerprint density at radius 2 is 1.77 bits per heavy atom. The van der Waals surface area contributed by atoms with Gasteiger partial charge in [-0.15, -0.1) is 0 Å². The quantitative estimate of drug-likeness (QED) is 0.411. The average Bonchev–Trinajstić information content (AvgIpc) is 2.84. The molecule has 26 heavy (non-hydrogen) atoms. The van der Waals surface area contributed by atoms with Gasteiger partial charge in [-0.2, -0.15) is 0 Å². The molecule has 2 aliphatic heterocycles. The molecule has 9 nitrogen and oxygen atoms in total. The van der Waals surface area contributed by atoms with E-state index < -0.39 is 42.3 Å². The molecule has 9 heteroatoms. The summed E-state index contributed by atoms with van der Waals surface area (Å²) in [5.74, 6) is -3.24. The highest BCUT2D eigenvalue weighted by atomic mass is 16.5. The van der Waals surface area contributed by atoms with Gasteiger partial charge in [-0.3, -0.25) is 19.3 Å². The molecule has 0 aromatic heterocycles. The van der Waals surface area contributed by atoms with Crippen LogP contribution in [0.2, 0.25) is 0 Å². The summed E-state index contributed by atoms with van der Waals surface area (Å²) >= 11 is 0. The summed E-state index contributed by atoms with van der Waals surface area (Å²) in [5, 5.41) is 0. The molecule has 0 N–H and O–H groups in total. The van der Waals surface area contributed by atoms with Gasteiger partial charge in [0.1, 0.15) is 12.6 Å². The fourth-order valence-electron chi connectivity index (χ4n) is 3.11. The molecule has 0 saturated carbocycles. The molecule has 136 valence electrons. The van der Waals surface area contributed by atoms with Crippen LogP contribution in [0.3, 0.4) is 0 Å². The molecule has 0 radical (unpaired) electrons. The number of urea groups is 1. The van der Waals surface area contributed by atoms with Crippen molar-refractivity contribution in [2.75, 3.05) is 20.7 Å². The molecule has 0 unspecified atom stereocenters. The Morgan fingerprint density at radius 3 is 2.35 bits per heavy atom. The minimum absolute atomic E-state index is 0.148. The molecule has 1 aromatic carbocycles. The van der Waals surface area contributed by atoms with Crippen LogP contribution in [0.15, 0.2) is 24.3 Å². The van der Waals surface area contributed by atoms with Crippen LogP contribution in [-0.2, 0) is 36.9 Å². The van der Waals surface area contributed by atoms with E-state index in [2.05, 4.69) is 0 Å². The first kappa shape index (κ1) is 17.6. The van der Waals surface area contributed by atoms with Crippen LogP contribution >= 0.6 is 0 Å². The number of ether oxygens (including phenoxy) is 1. The topological polar surface area (TPSA) is 104 Å². The molecule has 1 saturated heterocycles. The Labute approximate surface area is 149 Å². The van der Waals surface area contributed by atoms with E-state index in [0.717, 1.165) is 11.1 Å². The summed E-state index contributed by atoms with van der Waals surface area (Å²) in [6, 6.07) is 5.65. The number of imide groups is 2. The number of carbonyl (C=O) groups excluding carboxylic acids is 5. The van der Waals surface area contributed by atoms with Crippen LogP contribution in [0, 0.1) is 0 Å². The molecule has 0 spiro atoms. The van der Waals surface area contributed by atoms with Crippen molar-refractivity contribution in [1.29, 1.82) is 0 Å². The number of rotatable bonds is 3. The Bertz CT molecular complexity index is 820. The number of benzene rings is 1. The maximum atomic E-state index is 12.7. The highest BCUT2D eigenvalue weighted by Crippen LogP contribution is 2.24. The van der Waals surface area contributed by atoms with Crippen molar-refractivity contribution in [3.8, 4) is 0 Å². The zero-order valence-electron chi connectivity index (χ0n) is 14.3. The van der Waals surface area contributed by atoms with Gasteiger partial charge in [0, 0.05) is 20.0 Å². The predicted octanol–water partition coefficient (Wildman–Crippen LogP) is -0.466. The van der Waals surface area contributed by atoms with Gasteiger partial charge >= 0.3 is 23.8 Å². The summed E-state index contributed by atoms with van der Waals surface area (Å²) < 4.78 is 4.79. The maximum Gasteiger partial charge on any atom is 0.334 e. The van der Waals surface area contributed by atoms with Gasteiger partial charge in [-0.1, -0.05) is 24.3 Å². The largest absolute Gasteiger partial charge is 0.467 e. The minimum atomic E-state index is -1.06. The Hall–Kier alpha value is -3.23. The standard InChI is InChI=1S/C17H17N3O6/c1-18-14(22)15(23)20(17(18)25)9-13(21)19-8-11-6-4-3-5-10(11)7-12(19)16(24)26-2/h3-6,12H,7-9H2,1-2H3/t12-/m1/s1. The third-order valence-electron chi connectivity index (χ3n) is 4.59. The predicted molar refractivity (Wildman–Crippen MR) is 86.4 cm³/mol. The first-order valence-corrected chi connectivity index (χ1v) is 7.92. The molecule has 1 fully saturated rings. The van der Waals surface area contributed by atoms with E-state index in [1.165, 1.54) is 19.1 Å². The molecule has 0 bridgehead atoms. The summed E-state index contributed by atoms with van der Waals surface area (Å²) in [5.41, 5.74) is 1.79. The van der Waals surface area contributed by atoms with Crippen LogP contribution in [0.25, 0.3) is 0 Å².